The maximum absolute atomic E-state index is 13.5. The number of carbonyl (C=O) groups excluding carboxylic acids is 1. The van der Waals surface area contributed by atoms with Gasteiger partial charge in [0.25, 0.3) is 0 Å². The van der Waals surface area contributed by atoms with Crippen molar-refractivity contribution in [2.75, 3.05) is 5.75 Å². The minimum Gasteiger partial charge on any atom is -0.370 e. The van der Waals surface area contributed by atoms with Crippen molar-refractivity contribution < 1.29 is 9.53 Å². The van der Waals surface area contributed by atoms with Gasteiger partial charge in [0, 0.05) is 28.1 Å². The van der Waals surface area contributed by atoms with Crippen molar-refractivity contribution in [1.82, 2.24) is 9.55 Å². The van der Waals surface area contributed by atoms with Crippen molar-refractivity contribution in [3.8, 4) is 5.69 Å². The van der Waals surface area contributed by atoms with Gasteiger partial charge in [0.2, 0.25) is 5.43 Å². The van der Waals surface area contributed by atoms with E-state index in [2.05, 4.69) is 0 Å². The van der Waals surface area contributed by atoms with Crippen molar-refractivity contribution in [1.29, 1.82) is 0 Å². The molecule has 168 valence electrons. The Morgan fingerprint density at radius 1 is 1.15 bits per heavy atom. The molecule has 0 N–H and O–H groups in total. The Hall–Kier alpha value is -2.74. The number of ketones is 1. The lowest BCUT2D eigenvalue weighted by Crippen LogP contribution is -2.34. The molecule has 7 heteroatoms. The van der Waals surface area contributed by atoms with E-state index >= 15 is 0 Å². The van der Waals surface area contributed by atoms with Crippen LogP contribution in [0.5, 0.6) is 0 Å². The SMILES string of the molecule is Cc1ccc(-n2c(SCC(=O)c3ccccc3)nc3c(=O)c4c(sc32)COC(C)(C)C4)cc1. The molecule has 0 saturated heterocycles. The van der Waals surface area contributed by atoms with Gasteiger partial charge in [-0.2, -0.15) is 0 Å². The second-order valence-electron chi connectivity index (χ2n) is 8.86. The molecule has 2 aromatic carbocycles. The van der Waals surface area contributed by atoms with Crippen molar-refractivity contribution in [3.63, 3.8) is 0 Å². The smallest absolute Gasteiger partial charge is 0.211 e. The van der Waals surface area contributed by atoms with E-state index in [-0.39, 0.29) is 22.6 Å². The molecular weight excluding hydrogens is 452 g/mol. The average molecular weight is 477 g/mol. The molecule has 5 rings (SSSR count). The van der Waals surface area contributed by atoms with Gasteiger partial charge in [-0.25, -0.2) is 4.98 Å². The predicted molar refractivity (Wildman–Crippen MR) is 134 cm³/mol. The number of aromatic nitrogens is 2. The van der Waals surface area contributed by atoms with Crippen LogP contribution in [0.15, 0.2) is 64.5 Å². The second kappa shape index (κ2) is 8.56. The fraction of sp³-hybridized carbons (Fsp3) is 0.269. The van der Waals surface area contributed by atoms with Crippen LogP contribution in [-0.2, 0) is 17.8 Å². The van der Waals surface area contributed by atoms with Crippen LogP contribution < -0.4 is 5.43 Å². The Morgan fingerprint density at radius 3 is 2.61 bits per heavy atom. The third-order valence-electron chi connectivity index (χ3n) is 5.77. The summed E-state index contributed by atoms with van der Waals surface area (Å²) in [6.45, 7) is 6.47. The highest BCUT2D eigenvalue weighted by molar-refractivity contribution is 7.99. The lowest BCUT2D eigenvalue weighted by Gasteiger charge is -2.30. The summed E-state index contributed by atoms with van der Waals surface area (Å²) in [7, 11) is 0. The molecule has 1 aliphatic heterocycles. The standard InChI is InChI=1S/C26H24N2O3S2/c1-16-9-11-18(12-10-16)28-24-22(23(30)19-13-26(2,3)31-14-21(19)33-24)27-25(28)32-15-20(29)17-7-5-4-6-8-17/h4-12H,13-15H2,1-3H3. The van der Waals surface area contributed by atoms with Crippen molar-refractivity contribution in [2.24, 2.45) is 0 Å². The first-order chi connectivity index (χ1) is 15.8. The Morgan fingerprint density at radius 2 is 1.88 bits per heavy atom. The zero-order chi connectivity index (χ0) is 23.2. The molecule has 0 unspecified atom stereocenters. The Kier molecular flexibility index (Phi) is 5.72. The third kappa shape index (κ3) is 4.28. The van der Waals surface area contributed by atoms with E-state index in [1.54, 1.807) is 11.3 Å². The first-order valence-corrected chi connectivity index (χ1v) is 12.6. The number of benzene rings is 2. The molecule has 0 bridgehead atoms. The number of imidazole rings is 1. The molecule has 3 heterocycles. The molecule has 0 radical (unpaired) electrons. The van der Waals surface area contributed by atoms with Crippen molar-refractivity contribution in [2.45, 2.75) is 44.6 Å². The van der Waals surface area contributed by atoms with Crippen LogP contribution in [0, 0.1) is 6.92 Å². The van der Waals surface area contributed by atoms with Gasteiger partial charge < -0.3 is 4.74 Å². The number of ether oxygens (including phenoxy) is 1. The van der Waals surface area contributed by atoms with Gasteiger partial charge in [-0.3, -0.25) is 14.2 Å². The molecule has 4 aromatic rings. The normalized spacial score (nSPS) is 14.9. The van der Waals surface area contributed by atoms with Gasteiger partial charge in [0.05, 0.1) is 18.0 Å². The van der Waals surface area contributed by atoms with Crippen molar-refractivity contribution in [3.05, 3.63) is 86.4 Å². The Bertz CT molecular complexity index is 1400. The van der Waals surface area contributed by atoms with E-state index in [0.29, 0.717) is 29.3 Å². The van der Waals surface area contributed by atoms with E-state index < -0.39 is 0 Å². The van der Waals surface area contributed by atoms with Gasteiger partial charge in [0.15, 0.2) is 10.9 Å². The fourth-order valence-electron chi connectivity index (χ4n) is 3.96. The zero-order valence-electron chi connectivity index (χ0n) is 18.8. The van der Waals surface area contributed by atoms with Gasteiger partial charge in [-0.15, -0.1) is 11.3 Å². The number of fused-ring (bicyclic) bond motifs is 2. The molecule has 0 saturated carbocycles. The van der Waals surface area contributed by atoms with Crippen LogP contribution in [0.2, 0.25) is 0 Å². The minimum atomic E-state index is -0.369. The monoisotopic (exact) mass is 476 g/mol. The van der Waals surface area contributed by atoms with E-state index in [4.69, 9.17) is 9.72 Å². The van der Waals surface area contributed by atoms with E-state index in [9.17, 15) is 9.59 Å². The summed E-state index contributed by atoms with van der Waals surface area (Å²) in [6.07, 6.45) is 0.569. The molecule has 0 amide bonds. The molecule has 0 fully saturated rings. The summed E-state index contributed by atoms with van der Waals surface area (Å²) < 4.78 is 7.99. The topological polar surface area (TPSA) is 61.2 Å². The number of aryl methyl sites for hydroxylation is 1. The molecule has 0 atom stereocenters. The number of thioether (sulfide) groups is 1. The second-order valence-corrected chi connectivity index (χ2v) is 10.9. The van der Waals surface area contributed by atoms with E-state index in [1.165, 1.54) is 11.8 Å². The number of Topliss-reactive ketones (excluding diaryl/α,β-unsaturated/α-hetero) is 1. The summed E-state index contributed by atoms with van der Waals surface area (Å²) in [4.78, 5) is 32.7. The summed E-state index contributed by atoms with van der Waals surface area (Å²) in [5.74, 6) is 0.275. The van der Waals surface area contributed by atoms with Gasteiger partial charge in [0.1, 0.15) is 10.3 Å². The molecule has 0 spiro atoms. The van der Waals surface area contributed by atoms with Crippen molar-refractivity contribution >= 4 is 39.2 Å². The summed E-state index contributed by atoms with van der Waals surface area (Å²) >= 11 is 2.92. The quantitative estimate of drug-likeness (QED) is 0.278. The summed E-state index contributed by atoms with van der Waals surface area (Å²) in [5.41, 5.74) is 3.61. The van der Waals surface area contributed by atoms with Gasteiger partial charge in [-0.1, -0.05) is 59.8 Å². The third-order valence-corrected chi connectivity index (χ3v) is 7.89. The number of nitrogens with zero attached hydrogens (tertiary/aromatic N) is 2. The van der Waals surface area contributed by atoms with Crippen LogP contribution in [0.25, 0.3) is 16.0 Å². The maximum Gasteiger partial charge on any atom is 0.211 e. The predicted octanol–water partition coefficient (Wildman–Crippen LogP) is 5.58. The number of hydrogen-bond acceptors (Lipinski definition) is 6. The highest BCUT2D eigenvalue weighted by atomic mass is 32.2. The molecule has 5 nitrogen and oxygen atoms in total. The lowest BCUT2D eigenvalue weighted by molar-refractivity contribution is -0.0386. The Balaban J connectivity index is 1.62. The fourth-order valence-corrected chi connectivity index (χ4v) is 6.09. The van der Waals surface area contributed by atoms with E-state index in [1.807, 2.05) is 79.9 Å². The van der Waals surface area contributed by atoms with Crippen LogP contribution in [-0.4, -0.2) is 26.7 Å². The lowest BCUT2D eigenvalue weighted by atomic mass is 9.95. The largest absolute Gasteiger partial charge is 0.370 e. The van der Waals surface area contributed by atoms with Crippen LogP contribution >= 0.6 is 23.1 Å². The average Bonchev–Trinajstić information content (AvgIpc) is 3.17. The minimum absolute atomic E-state index is 0.0303. The molecule has 2 aromatic heterocycles. The molecule has 33 heavy (non-hydrogen) atoms. The summed E-state index contributed by atoms with van der Waals surface area (Å²) in [5, 5.41) is 0.647. The zero-order valence-corrected chi connectivity index (χ0v) is 20.4. The number of hydrogen-bond donors (Lipinski definition) is 0. The van der Waals surface area contributed by atoms with Crippen LogP contribution in [0.3, 0.4) is 0 Å². The first-order valence-electron chi connectivity index (χ1n) is 10.8. The van der Waals surface area contributed by atoms with Gasteiger partial charge in [-0.05, 0) is 32.9 Å². The number of carbonyl (C=O) groups is 1. The highest BCUT2D eigenvalue weighted by Gasteiger charge is 2.31. The number of rotatable bonds is 5. The maximum atomic E-state index is 13.5. The Labute approximate surface area is 200 Å². The van der Waals surface area contributed by atoms with Crippen LogP contribution in [0.4, 0.5) is 0 Å². The van der Waals surface area contributed by atoms with Gasteiger partial charge >= 0.3 is 0 Å². The summed E-state index contributed by atoms with van der Waals surface area (Å²) in [6, 6.07) is 17.4. The first kappa shape index (κ1) is 22.1. The molecule has 1 aliphatic rings. The van der Waals surface area contributed by atoms with E-state index in [0.717, 1.165) is 26.5 Å². The highest BCUT2D eigenvalue weighted by Crippen LogP contribution is 2.35. The molecule has 0 aliphatic carbocycles. The van der Waals surface area contributed by atoms with Crippen LogP contribution in [0.1, 0.15) is 40.2 Å². The molecular formula is C26H24N2O3S2.